The number of hydrogen-bond donors (Lipinski definition) is 0. The van der Waals surface area contributed by atoms with E-state index in [0.29, 0.717) is 0 Å². The molecule has 1 heterocycles. The Balaban J connectivity index is 2.89. The van der Waals surface area contributed by atoms with Gasteiger partial charge in [-0.1, -0.05) is 0 Å². The molecular formula is C8H11N3S. The molecule has 12 heavy (non-hydrogen) atoms. The molecule has 0 bridgehead atoms. The number of aryl methyl sites for hydroxylation is 1. The molecule has 1 unspecified atom stereocenters. The van der Waals surface area contributed by atoms with Gasteiger partial charge in [0.25, 0.3) is 0 Å². The molecule has 0 spiro atoms. The Labute approximate surface area is 76.3 Å². The second-order valence-corrected chi connectivity index (χ2v) is 4.04. The van der Waals surface area contributed by atoms with Crippen LogP contribution in [-0.2, 0) is 0 Å². The molecule has 1 aromatic heterocycles. The fourth-order valence-corrected chi connectivity index (χ4v) is 1.86. The molecule has 1 atom stereocenters. The van der Waals surface area contributed by atoms with Crippen LogP contribution in [0.15, 0.2) is 6.20 Å². The van der Waals surface area contributed by atoms with Crippen molar-refractivity contribution in [3.63, 3.8) is 0 Å². The Bertz CT molecular complexity index is 297. The summed E-state index contributed by atoms with van der Waals surface area (Å²) in [6.45, 7) is 1.94. The Morgan fingerprint density at radius 2 is 2.33 bits per heavy atom. The van der Waals surface area contributed by atoms with Crippen LogP contribution in [0.4, 0.5) is 0 Å². The summed E-state index contributed by atoms with van der Waals surface area (Å²) in [6.07, 6.45) is 1.77. The van der Waals surface area contributed by atoms with Crippen LogP contribution in [0.5, 0.6) is 0 Å². The van der Waals surface area contributed by atoms with Gasteiger partial charge in [-0.2, -0.15) is 5.26 Å². The molecular weight excluding hydrogens is 170 g/mol. The molecule has 0 amide bonds. The number of nitriles is 1. The van der Waals surface area contributed by atoms with E-state index in [-0.39, 0.29) is 6.04 Å². The van der Waals surface area contributed by atoms with Gasteiger partial charge in [-0.25, -0.2) is 4.98 Å². The van der Waals surface area contributed by atoms with Crippen LogP contribution in [-0.4, -0.2) is 24.0 Å². The average Bonchev–Trinajstić information content (AvgIpc) is 2.37. The molecule has 0 aliphatic carbocycles. The lowest BCUT2D eigenvalue weighted by molar-refractivity contribution is 0.362. The third kappa shape index (κ3) is 1.81. The highest BCUT2D eigenvalue weighted by Gasteiger charge is 2.14. The van der Waals surface area contributed by atoms with E-state index in [2.05, 4.69) is 11.1 Å². The Morgan fingerprint density at radius 1 is 1.67 bits per heavy atom. The van der Waals surface area contributed by atoms with E-state index in [0.717, 1.165) is 9.88 Å². The van der Waals surface area contributed by atoms with E-state index in [1.165, 1.54) is 0 Å². The van der Waals surface area contributed by atoms with Crippen molar-refractivity contribution in [2.24, 2.45) is 0 Å². The first-order valence-corrected chi connectivity index (χ1v) is 4.45. The molecule has 0 fully saturated rings. The van der Waals surface area contributed by atoms with Crippen LogP contribution in [0.1, 0.15) is 15.9 Å². The topological polar surface area (TPSA) is 39.9 Å². The summed E-state index contributed by atoms with van der Waals surface area (Å²) in [5.41, 5.74) is 0. The van der Waals surface area contributed by atoms with Crippen LogP contribution in [0.2, 0.25) is 0 Å². The van der Waals surface area contributed by atoms with Gasteiger partial charge in [-0.3, -0.25) is 4.90 Å². The van der Waals surface area contributed by atoms with Crippen molar-refractivity contribution in [1.82, 2.24) is 9.88 Å². The summed E-state index contributed by atoms with van der Waals surface area (Å²) in [5, 5.41) is 9.85. The predicted molar refractivity (Wildman–Crippen MR) is 48.9 cm³/mol. The zero-order valence-electron chi connectivity index (χ0n) is 7.40. The molecule has 0 N–H and O–H groups in total. The van der Waals surface area contributed by atoms with Gasteiger partial charge >= 0.3 is 0 Å². The minimum absolute atomic E-state index is 0.156. The van der Waals surface area contributed by atoms with Crippen LogP contribution in [0, 0.1) is 18.3 Å². The quantitative estimate of drug-likeness (QED) is 0.695. The number of rotatable bonds is 2. The van der Waals surface area contributed by atoms with E-state index in [1.807, 2.05) is 25.9 Å². The lowest BCUT2D eigenvalue weighted by Gasteiger charge is -2.14. The fourth-order valence-electron chi connectivity index (χ4n) is 0.938. The van der Waals surface area contributed by atoms with E-state index in [4.69, 9.17) is 5.26 Å². The minimum atomic E-state index is -0.156. The SMILES string of the molecule is Cc1ncc(C(C#N)N(C)C)s1. The van der Waals surface area contributed by atoms with Gasteiger partial charge in [0.2, 0.25) is 0 Å². The first-order chi connectivity index (χ1) is 5.65. The molecule has 0 saturated heterocycles. The van der Waals surface area contributed by atoms with Gasteiger partial charge in [0.1, 0.15) is 6.04 Å². The lowest BCUT2D eigenvalue weighted by atomic mass is 10.3. The molecule has 0 aliphatic rings. The highest BCUT2D eigenvalue weighted by atomic mass is 32.1. The van der Waals surface area contributed by atoms with Gasteiger partial charge < -0.3 is 0 Å². The molecule has 0 aromatic carbocycles. The van der Waals surface area contributed by atoms with E-state index >= 15 is 0 Å². The fraction of sp³-hybridized carbons (Fsp3) is 0.500. The number of nitrogens with zero attached hydrogens (tertiary/aromatic N) is 3. The van der Waals surface area contributed by atoms with Crippen molar-refractivity contribution in [3.05, 3.63) is 16.1 Å². The van der Waals surface area contributed by atoms with Crippen molar-refractivity contribution >= 4 is 11.3 Å². The minimum Gasteiger partial charge on any atom is -0.290 e. The average molecular weight is 181 g/mol. The van der Waals surface area contributed by atoms with Gasteiger partial charge in [-0.15, -0.1) is 11.3 Å². The summed E-state index contributed by atoms with van der Waals surface area (Å²) in [6, 6.07) is 2.07. The Kier molecular flexibility index (Phi) is 2.79. The smallest absolute Gasteiger partial charge is 0.134 e. The van der Waals surface area contributed by atoms with Gasteiger partial charge in [0, 0.05) is 6.20 Å². The molecule has 1 aromatic rings. The summed E-state index contributed by atoms with van der Waals surface area (Å²) in [4.78, 5) is 7.00. The van der Waals surface area contributed by atoms with Crippen LogP contribution >= 0.6 is 11.3 Å². The summed E-state index contributed by atoms with van der Waals surface area (Å²) >= 11 is 1.57. The third-order valence-corrected chi connectivity index (χ3v) is 2.51. The molecule has 4 heteroatoms. The number of aromatic nitrogens is 1. The van der Waals surface area contributed by atoms with Crippen molar-refractivity contribution in [1.29, 1.82) is 5.26 Å². The van der Waals surface area contributed by atoms with E-state index in [1.54, 1.807) is 17.5 Å². The van der Waals surface area contributed by atoms with Crippen molar-refractivity contribution in [2.45, 2.75) is 13.0 Å². The van der Waals surface area contributed by atoms with Gasteiger partial charge in [0.05, 0.1) is 16.0 Å². The lowest BCUT2D eigenvalue weighted by Crippen LogP contribution is -2.17. The highest BCUT2D eigenvalue weighted by Crippen LogP contribution is 2.22. The van der Waals surface area contributed by atoms with E-state index in [9.17, 15) is 0 Å². The first kappa shape index (κ1) is 9.17. The third-order valence-electron chi connectivity index (χ3n) is 1.55. The number of thiazole rings is 1. The maximum absolute atomic E-state index is 8.85. The van der Waals surface area contributed by atoms with Crippen LogP contribution in [0.25, 0.3) is 0 Å². The molecule has 0 radical (unpaired) electrons. The molecule has 0 aliphatic heterocycles. The maximum Gasteiger partial charge on any atom is 0.134 e. The van der Waals surface area contributed by atoms with Gasteiger partial charge in [0.15, 0.2) is 0 Å². The normalized spacial score (nSPS) is 12.9. The maximum atomic E-state index is 8.85. The number of hydrogen-bond acceptors (Lipinski definition) is 4. The zero-order chi connectivity index (χ0) is 9.14. The zero-order valence-corrected chi connectivity index (χ0v) is 8.22. The van der Waals surface area contributed by atoms with E-state index < -0.39 is 0 Å². The Morgan fingerprint density at radius 3 is 2.67 bits per heavy atom. The highest BCUT2D eigenvalue weighted by molar-refractivity contribution is 7.11. The van der Waals surface area contributed by atoms with Gasteiger partial charge in [-0.05, 0) is 21.0 Å². The summed E-state index contributed by atoms with van der Waals surface area (Å²) < 4.78 is 0. The largest absolute Gasteiger partial charge is 0.290 e. The summed E-state index contributed by atoms with van der Waals surface area (Å²) in [7, 11) is 3.78. The Hall–Kier alpha value is -0.920. The predicted octanol–water partition coefficient (Wildman–Crippen LogP) is 1.58. The van der Waals surface area contributed by atoms with Crippen molar-refractivity contribution in [3.8, 4) is 6.07 Å². The first-order valence-electron chi connectivity index (χ1n) is 3.63. The second-order valence-electron chi connectivity index (χ2n) is 2.78. The van der Waals surface area contributed by atoms with Crippen LogP contribution in [0.3, 0.4) is 0 Å². The standard InChI is InChI=1S/C8H11N3S/c1-6-10-5-8(12-6)7(4-9)11(2)3/h5,7H,1-3H3. The van der Waals surface area contributed by atoms with Crippen molar-refractivity contribution < 1.29 is 0 Å². The monoisotopic (exact) mass is 181 g/mol. The molecule has 0 saturated carbocycles. The van der Waals surface area contributed by atoms with Crippen LogP contribution < -0.4 is 0 Å². The summed E-state index contributed by atoms with van der Waals surface area (Å²) in [5.74, 6) is 0. The molecule has 1 rings (SSSR count). The molecule has 3 nitrogen and oxygen atoms in total. The van der Waals surface area contributed by atoms with Crippen molar-refractivity contribution in [2.75, 3.05) is 14.1 Å². The molecule has 64 valence electrons. The second kappa shape index (κ2) is 3.65.